The van der Waals surface area contributed by atoms with Gasteiger partial charge in [-0.05, 0) is 44.4 Å². The maximum absolute atomic E-state index is 13.5. The highest BCUT2D eigenvalue weighted by Crippen LogP contribution is 2.39. The first-order chi connectivity index (χ1) is 17.5. The molecule has 0 bridgehead atoms. The second-order valence-corrected chi connectivity index (χ2v) is 8.67. The summed E-state index contributed by atoms with van der Waals surface area (Å²) in [5, 5.41) is 15.1. The zero-order chi connectivity index (χ0) is 26.8. The van der Waals surface area contributed by atoms with Gasteiger partial charge in [0.2, 0.25) is 5.91 Å². The fraction of sp³-hybridized carbons (Fsp3) is 0.333. The largest absolute Gasteiger partial charge is 0.453 e. The lowest BCUT2D eigenvalue weighted by Gasteiger charge is -2.20. The number of nitrogens with zero attached hydrogens (tertiary/aromatic N) is 4. The molecule has 1 saturated carbocycles. The number of rotatable bonds is 8. The van der Waals surface area contributed by atoms with Gasteiger partial charge in [-0.25, -0.2) is 19.9 Å². The minimum Gasteiger partial charge on any atom is -0.453 e. The van der Waals surface area contributed by atoms with Crippen molar-refractivity contribution in [2.75, 3.05) is 0 Å². The zero-order valence-corrected chi connectivity index (χ0v) is 19.8. The van der Waals surface area contributed by atoms with Gasteiger partial charge >= 0.3 is 6.18 Å². The summed E-state index contributed by atoms with van der Waals surface area (Å²) in [4.78, 5) is 41.0. The Morgan fingerprint density at radius 1 is 1.08 bits per heavy atom. The summed E-state index contributed by atoms with van der Waals surface area (Å²) in [6.07, 6.45) is 1.48. The predicted molar refractivity (Wildman–Crippen MR) is 122 cm³/mol. The zero-order valence-electron chi connectivity index (χ0n) is 19.8. The molecule has 2 amide bonds. The summed E-state index contributed by atoms with van der Waals surface area (Å²) in [6, 6.07) is 2.61. The number of hydrogen-bond donors (Lipinski definition) is 3. The first kappa shape index (κ1) is 25.9. The highest BCUT2D eigenvalue weighted by molar-refractivity contribution is 6.00. The molecule has 37 heavy (non-hydrogen) atoms. The smallest absolute Gasteiger partial charge is 0.419 e. The number of nitrogens with one attached hydrogen (secondary N) is 2. The first-order valence-corrected chi connectivity index (χ1v) is 11.3. The lowest BCUT2D eigenvalue weighted by atomic mass is 10.1. The maximum atomic E-state index is 13.5. The van der Waals surface area contributed by atoms with Crippen LogP contribution < -0.4 is 15.4 Å². The van der Waals surface area contributed by atoms with Crippen LogP contribution in [-0.4, -0.2) is 42.4 Å². The predicted octanol–water partition coefficient (Wildman–Crippen LogP) is 3.27. The van der Waals surface area contributed by atoms with E-state index in [1.807, 2.05) is 0 Å². The molecule has 0 saturated heterocycles. The Kier molecular flexibility index (Phi) is 7.07. The molecule has 4 rings (SSSR count). The average molecular weight is 516 g/mol. The Morgan fingerprint density at radius 2 is 1.73 bits per heavy atom. The summed E-state index contributed by atoms with van der Waals surface area (Å²) in [5.41, 5.74) is -1.79. The Labute approximate surface area is 209 Å². The molecule has 10 nitrogen and oxygen atoms in total. The van der Waals surface area contributed by atoms with Crippen molar-refractivity contribution >= 4 is 11.8 Å². The van der Waals surface area contributed by atoms with E-state index in [4.69, 9.17) is 4.74 Å². The number of alkyl halides is 3. The number of carbonyl (C=O) groups excluding carboxylic acids is 2. The standard InChI is InChI=1S/C24H23F3N6O4/c1-13(32-22(36)23(5-6-23)33-21(35)16-8-28-12-29-9-16)20-30-10-17(11-31-20)37-19-4-3-15(14(2)34)7-18(19)24(25,26)27/h3-4,7-14,34H,5-6H2,1-2H3,(H,32,36)(H,33,35). The minimum absolute atomic E-state index is 0.0476. The number of aromatic nitrogens is 4. The number of hydrogen-bond acceptors (Lipinski definition) is 8. The van der Waals surface area contributed by atoms with Gasteiger partial charge in [0, 0.05) is 12.4 Å². The van der Waals surface area contributed by atoms with Crippen LogP contribution >= 0.6 is 0 Å². The van der Waals surface area contributed by atoms with Gasteiger partial charge in [-0.15, -0.1) is 0 Å². The summed E-state index contributed by atoms with van der Waals surface area (Å²) >= 11 is 0. The van der Waals surface area contributed by atoms with E-state index < -0.39 is 47.0 Å². The van der Waals surface area contributed by atoms with Crippen molar-refractivity contribution < 1.29 is 32.6 Å². The van der Waals surface area contributed by atoms with Crippen LogP contribution in [0, 0.1) is 0 Å². The highest BCUT2D eigenvalue weighted by Gasteiger charge is 2.51. The van der Waals surface area contributed by atoms with Gasteiger partial charge in [0.15, 0.2) is 5.75 Å². The van der Waals surface area contributed by atoms with Gasteiger partial charge in [0.05, 0.1) is 35.7 Å². The third-order valence-corrected chi connectivity index (χ3v) is 5.76. The molecular weight excluding hydrogens is 493 g/mol. The Balaban J connectivity index is 1.41. The number of carbonyl (C=O) groups is 2. The van der Waals surface area contributed by atoms with Gasteiger partial charge in [-0.3, -0.25) is 9.59 Å². The van der Waals surface area contributed by atoms with E-state index in [1.165, 1.54) is 44.1 Å². The summed E-state index contributed by atoms with van der Waals surface area (Å²) in [5.74, 6) is -1.21. The molecule has 1 aliphatic carbocycles. The highest BCUT2D eigenvalue weighted by atomic mass is 19.4. The molecule has 1 aliphatic rings. The molecule has 0 radical (unpaired) electrons. The van der Waals surface area contributed by atoms with Crippen LogP contribution in [0.4, 0.5) is 13.2 Å². The van der Waals surface area contributed by atoms with Gasteiger partial charge in [0.25, 0.3) is 5.91 Å². The lowest BCUT2D eigenvalue weighted by molar-refractivity contribution is -0.138. The summed E-state index contributed by atoms with van der Waals surface area (Å²) in [7, 11) is 0. The van der Waals surface area contributed by atoms with E-state index in [2.05, 4.69) is 30.6 Å². The number of halogens is 3. The topological polar surface area (TPSA) is 139 Å². The molecule has 3 N–H and O–H groups in total. The number of aliphatic hydroxyl groups is 1. The number of ether oxygens (including phenoxy) is 1. The van der Waals surface area contributed by atoms with Crippen molar-refractivity contribution in [1.82, 2.24) is 30.6 Å². The van der Waals surface area contributed by atoms with Crippen LogP contribution in [0.5, 0.6) is 11.5 Å². The van der Waals surface area contributed by atoms with Crippen LogP contribution in [0.1, 0.15) is 66.1 Å². The van der Waals surface area contributed by atoms with Gasteiger partial charge in [-0.1, -0.05) is 6.07 Å². The molecular formula is C24H23F3N6O4. The second kappa shape index (κ2) is 10.1. The SMILES string of the molecule is CC(O)c1ccc(Oc2cnc(C(C)NC(=O)C3(NC(=O)c4cncnc4)CC3)nc2)c(C(F)(F)F)c1. The van der Waals surface area contributed by atoms with Crippen molar-refractivity contribution in [3.63, 3.8) is 0 Å². The molecule has 2 heterocycles. The average Bonchev–Trinajstić information content (AvgIpc) is 3.65. The summed E-state index contributed by atoms with van der Waals surface area (Å²) < 4.78 is 45.9. The Morgan fingerprint density at radius 3 is 2.30 bits per heavy atom. The second-order valence-electron chi connectivity index (χ2n) is 8.67. The molecule has 3 aromatic rings. The fourth-order valence-electron chi connectivity index (χ4n) is 3.49. The Hall–Kier alpha value is -4.13. The molecule has 194 valence electrons. The van der Waals surface area contributed by atoms with Gasteiger partial charge < -0.3 is 20.5 Å². The lowest BCUT2D eigenvalue weighted by Crippen LogP contribution is -2.49. The van der Waals surface area contributed by atoms with Crippen LogP contribution in [0.15, 0.2) is 49.3 Å². The minimum atomic E-state index is -4.71. The molecule has 0 aliphatic heterocycles. The van der Waals surface area contributed by atoms with E-state index in [1.54, 1.807) is 6.92 Å². The summed E-state index contributed by atoms with van der Waals surface area (Å²) in [6.45, 7) is 2.99. The van der Waals surface area contributed by atoms with Crippen LogP contribution in [-0.2, 0) is 11.0 Å². The molecule has 1 aromatic carbocycles. The van der Waals surface area contributed by atoms with Gasteiger partial charge in [0.1, 0.15) is 23.4 Å². The fourth-order valence-corrected chi connectivity index (χ4v) is 3.49. The third-order valence-electron chi connectivity index (χ3n) is 5.76. The molecule has 2 atom stereocenters. The third kappa shape index (κ3) is 6.00. The van der Waals surface area contributed by atoms with Gasteiger partial charge in [-0.2, -0.15) is 13.2 Å². The maximum Gasteiger partial charge on any atom is 0.419 e. The van der Waals surface area contributed by atoms with Crippen molar-refractivity contribution in [1.29, 1.82) is 0 Å². The van der Waals surface area contributed by atoms with Crippen molar-refractivity contribution in [2.45, 2.75) is 50.6 Å². The number of amides is 2. The van der Waals surface area contributed by atoms with E-state index in [9.17, 15) is 27.9 Å². The van der Waals surface area contributed by atoms with E-state index in [0.29, 0.717) is 12.8 Å². The van der Waals surface area contributed by atoms with Crippen LogP contribution in [0.2, 0.25) is 0 Å². The number of benzene rings is 1. The van der Waals surface area contributed by atoms with Crippen LogP contribution in [0.25, 0.3) is 0 Å². The molecule has 1 fully saturated rings. The normalized spacial score (nSPS) is 15.8. The monoisotopic (exact) mass is 516 g/mol. The van der Waals surface area contributed by atoms with E-state index >= 15 is 0 Å². The van der Waals surface area contributed by atoms with Crippen molar-refractivity contribution in [3.8, 4) is 11.5 Å². The van der Waals surface area contributed by atoms with Crippen molar-refractivity contribution in [3.05, 3.63) is 71.8 Å². The molecule has 2 unspecified atom stereocenters. The van der Waals surface area contributed by atoms with Crippen LogP contribution in [0.3, 0.4) is 0 Å². The molecule has 13 heteroatoms. The molecule has 2 aromatic heterocycles. The van der Waals surface area contributed by atoms with Crippen molar-refractivity contribution in [2.24, 2.45) is 0 Å². The quantitative estimate of drug-likeness (QED) is 0.415. The van der Waals surface area contributed by atoms with E-state index in [0.717, 1.165) is 12.1 Å². The molecule has 0 spiro atoms. The Bertz CT molecular complexity index is 1280. The van der Waals surface area contributed by atoms with E-state index in [-0.39, 0.29) is 22.7 Å². The first-order valence-electron chi connectivity index (χ1n) is 11.3. The number of aliphatic hydroxyl groups excluding tert-OH is 1.